The van der Waals surface area contributed by atoms with Crippen molar-refractivity contribution in [2.75, 3.05) is 18.0 Å². The molecule has 1 fully saturated rings. The molecule has 1 aliphatic rings. The molecule has 0 aliphatic carbocycles. The van der Waals surface area contributed by atoms with Crippen molar-refractivity contribution in [3.63, 3.8) is 0 Å². The van der Waals surface area contributed by atoms with Gasteiger partial charge in [-0.05, 0) is 24.6 Å². The van der Waals surface area contributed by atoms with Gasteiger partial charge < -0.3 is 21.5 Å². The third kappa shape index (κ3) is 2.57. The topological polar surface area (TPSA) is 110 Å². The van der Waals surface area contributed by atoms with Crippen molar-refractivity contribution in [1.82, 2.24) is 0 Å². The van der Waals surface area contributed by atoms with Gasteiger partial charge >= 0.3 is 5.97 Å². The van der Waals surface area contributed by atoms with Crippen molar-refractivity contribution in [2.45, 2.75) is 12.0 Å². The number of halogens is 1. The number of amides is 1. The van der Waals surface area contributed by atoms with E-state index in [1.54, 1.807) is 23.1 Å². The number of hydrogen-bond acceptors (Lipinski definition) is 4. The molecule has 1 aromatic rings. The van der Waals surface area contributed by atoms with Crippen LogP contribution in [0.25, 0.3) is 0 Å². The highest BCUT2D eigenvalue weighted by molar-refractivity contribution is 9.10. The lowest BCUT2D eigenvalue weighted by Gasteiger charge is -2.23. The van der Waals surface area contributed by atoms with Gasteiger partial charge in [0.15, 0.2) is 0 Å². The van der Waals surface area contributed by atoms with Crippen molar-refractivity contribution in [1.29, 1.82) is 0 Å². The van der Waals surface area contributed by atoms with Gasteiger partial charge in [-0.1, -0.05) is 15.9 Å². The molecule has 5 N–H and O–H groups in total. The van der Waals surface area contributed by atoms with E-state index < -0.39 is 17.4 Å². The smallest absolute Gasteiger partial charge is 0.325 e. The van der Waals surface area contributed by atoms with Crippen LogP contribution in [0.5, 0.6) is 0 Å². The molecule has 1 unspecified atom stereocenters. The third-order valence-electron chi connectivity index (χ3n) is 3.29. The second-order valence-electron chi connectivity index (χ2n) is 4.66. The summed E-state index contributed by atoms with van der Waals surface area (Å²) < 4.78 is 0.789. The summed E-state index contributed by atoms with van der Waals surface area (Å²) in [5, 5.41) is 9.12. The van der Waals surface area contributed by atoms with E-state index in [0.29, 0.717) is 24.2 Å². The van der Waals surface area contributed by atoms with E-state index in [9.17, 15) is 9.59 Å². The molecule has 0 saturated carbocycles. The maximum Gasteiger partial charge on any atom is 0.325 e. The van der Waals surface area contributed by atoms with Gasteiger partial charge in [-0.15, -0.1) is 0 Å². The van der Waals surface area contributed by atoms with Crippen LogP contribution in [-0.2, 0) is 4.79 Å². The van der Waals surface area contributed by atoms with E-state index in [2.05, 4.69) is 15.9 Å². The van der Waals surface area contributed by atoms with Crippen molar-refractivity contribution in [3.05, 3.63) is 28.2 Å². The average Bonchev–Trinajstić information content (AvgIpc) is 2.73. The molecular weight excluding hydrogens is 314 g/mol. The molecule has 1 saturated heterocycles. The Morgan fingerprint density at radius 1 is 1.42 bits per heavy atom. The Balaban J connectivity index is 2.36. The number of carbonyl (C=O) groups is 2. The number of benzene rings is 1. The van der Waals surface area contributed by atoms with Crippen LogP contribution in [0.3, 0.4) is 0 Å². The molecule has 0 radical (unpaired) electrons. The largest absolute Gasteiger partial charge is 0.480 e. The molecule has 1 heterocycles. The van der Waals surface area contributed by atoms with Crippen molar-refractivity contribution < 1.29 is 14.7 Å². The monoisotopic (exact) mass is 327 g/mol. The molecule has 0 spiro atoms. The summed E-state index contributed by atoms with van der Waals surface area (Å²) in [5.41, 5.74) is 10.8. The first-order chi connectivity index (χ1) is 8.83. The van der Waals surface area contributed by atoms with Crippen molar-refractivity contribution in [3.8, 4) is 0 Å². The Labute approximate surface area is 118 Å². The van der Waals surface area contributed by atoms with Crippen LogP contribution in [0.2, 0.25) is 0 Å². The first-order valence-corrected chi connectivity index (χ1v) is 6.49. The van der Waals surface area contributed by atoms with E-state index in [4.69, 9.17) is 16.6 Å². The molecule has 1 aromatic carbocycles. The Morgan fingerprint density at radius 2 is 2.11 bits per heavy atom. The zero-order valence-corrected chi connectivity index (χ0v) is 11.7. The van der Waals surface area contributed by atoms with E-state index in [1.165, 1.54) is 0 Å². The lowest BCUT2D eigenvalue weighted by atomic mass is 10.0. The average molecular weight is 328 g/mol. The Morgan fingerprint density at radius 3 is 2.63 bits per heavy atom. The Bertz CT molecular complexity index is 549. The minimum absolute atomic E-state index is 0.152. The number of aliphatic carboxylic acids is 1. The lowest BCUT2D eigenvalue weighted by molar-refractivity contribution is -0.142. The van der Waals surface area contributed by atoms with Crippen molar-refractivity contribution in [2.24, 2.45) is 11.5 Å². The molecule has 1 aliphatic heterocycles. The van der Waals surface area contributed by atoms with Gasteiger partial charge in [0, 0.05) is 17.6 Å². The van der Waals surface area contributed by atoms with Gasteiger partial charge in [-0.2, -0.15) is 0 Å². The zero-order chi connectivity index (χ0) is 14.2. The molecule has 1 amide bonds. The van der Waals surface area contributed by atoms with Crippen LogP contribution in [0.4, 0.5) is 5.69 Å². The fourth-order valence-corrected chi connectivity index (χ4v) is 2.54. The predicted molar refractivity (Wildman–Crippen MR) is 74.0 cm³/mol. The summed E-state index contributed by atoms with van der Waals surface area (Å²) >= 11 is 3.32. The molecule has 2 rings (SSSR count). The van der Waals surface area contributed by atoms with E-state index >= 15 is 0 Å². The number of carboxylic acids is 1. The molecule has 0 aromatic heterocycles. The zero-order valence-electron chi connectivity index (χ0n) is 10.1. The van der Waals surface area contributed by atoms with Gasteiger partial charge in [-0.25, -0.2) is 0 Å². The van der Waals surface area contributed by atoms with Crippen LogP contribution in [-0.4, -0.2) is 35.6 Å². The normalized spacial score (nSPS) is 22.5. The highest BCUT2D eigenvalue weighted by Crippen LogP contribution is 2.30. The van der Waals surface area contributed by atoms with Gasteiger partial charge in [0.2, 0.25) is 0 Å². The molecule has 1 atom stereocenters. The summed E-state index contributed by atoms with van der Waals surface area (Å²) in [6.45, 7) is 0.624. The number of carboxylic acid groups (broad SMARTS) is 1. The van der Waals surface area contributed by atoms with E-state index in [1.807, 2.05) is 0 Å². The van der Waals surface area contributed by atoms with Gasteiger partial charge in [0.25, 0.3) is 5.91 Å². The quantitative estimate of drug-likeness (QED) is 0.750. The van der Waals surface area contributed by atoms with Crippen LogP contribution >= 0.6 is 15.9 Å². The maximum atomic E-state index is 11.4. The number of hydrogen-bond donors (Lipinski definition) is 3. The second-order valence-corrected chi connectivity index (χ2v) is 5.57. The van der Waals surface area contributed by atoms with Crippen LogP contribution in [0, 0.1) is 0 Å². The maximum absolute atomic E-state index is 11.4. The fourth-order valence-electron chi connectivity index (χ4n) is 2.19. The standard InChI is InChI=1S/C12H14BrN3O3/c13-7-1-2-8(10(14)17)9(5-7)16-4-3-12(15,6-16)11(18)19/h1-2,5H,3-4,6,15H2,(H2,14,17)(H,18,19). The molecule has 0 bridgehead atoms. The van der Waals surface area contributed by atoms with Crippen LogP contribution in [0.15, 0.2) is 22.7 Å². The molecule has 7 heteroatoms. The number of rotatable bonds is 3. The first-order valence-electron chi connectivity index (χ1n) is 5.70. The summed E-state index contributed by atoms with van der Waals surface area (Å²) in [5.74, 6) is -1.59. The summed E-state index contributed by atoms with van der Waals surface area (Å²) in [7, 11) is 0. The van der Waals surface area contributed by atoms with E-state index in [0.717, 1.165) is 4.47 Å². The van der Waals surface area contributed by atoms with Crippen LogP contribution in [0.1, 0.15) is 16.8 Å². The number of primary amides is 1. The second kappa shape index (κ2) is 4.82. The summed E-state index contributed by atoms with van der Waals surface area (Å²) in [6.07, 6.45) is 0.326. The van der Waals surface area contributed by atoms with Crippen LogP contribution < -0.4 is 16.4 Å². The molecular formula is C12H14BrN3O3. The number of nitrogens with zero attached hydrogens (tertiary/aromatic N) is 1. The molecule has 102 valence electrons. The Hall–Kier alpha value is -1.60. The van der Waals surface area contributed by atoms with Crippen molar-refractivity contribution >= 4 is 33.5 Å². The molecule has 6 nitrogen and oxygen atoms in total. The van der Waals surface area contributed by atoms with Gasteiger partial charge in [0.1, 0.15) is 5.54 Å². The highest BCUT2D eigenvalue weighted by atomic mass is 79.9. The summed E-state index contributed by atoms with van der Waals surface area (Å²) in [4.78, 5) is 24.3. The minimum Gasteiger partial charge on any atom is -0.480 e. The van der Waals surface area contributed by atoms with Gasteiger partial charge in [0.05, 0.1) is 11.3 Å². The predicted octanol–water partition coefficient (Wildman–Crippen LogP) is 0.540. The minimum atomic E-state index is -1.28. The van der Waals surface area contributed by atoms with Gasteiger partial charge in [-0.3, -0.25) is 9.59 Å². The SMILES string of the molecule is NC(=O)c1ccc(Br)cc1N1CCC(N)(C(=O)O)C1. The first kappa shape index (κ1) is 13.8. The fraction of sp³-hybridized carbons (Fsp3) is 0.333. The number of anilines is 1. The van der Waals surface area contributed by atoms with E-state index in [-0.39, 0.29) is 6.54 Å². The Kier molecular flexibility index (Phi) is 3.51. The highest BCUT2D eigenvalue weighted by Gasteiger charge is 2.42. The number of carbonyl (C=O) groups excluding carboxylic acids is 1. The molecule has 19 heavy (non-hydrogen) atoms. The third-order valence-corrected chi connectivity index (χ3v) is 3.79. The lowest BCUT2D eigenvalue weighted by Crippen LogP contribution is -2.50. The number of nitrogens with two attached hydrogens (primary N) is 2. The summed E-state index contributed by atoms with van der Waals surface area (Å²) in [6, 6.07) is 5.07.